The fourth-order valence-corrected chi connectivity index (χ4v) is 3.67. The molecule has 138 valence electrons. The van der Waals surface area contributed by atoms with Crippen molar-refractivity contribution in [2.75, 3.05) is 31.6 Å². The Balaban J connectivity index is 2.03. The van der Waals surface area contributed by atoms with E-state index >= 15 is 0 Å². The minimum Gasteiger partial charge on any atom is -0.462 e. The number of esters is 1. The molecule has 2 heterocycles. The SMILES string of the molecule is CCOC(=O)c1c(NC(=O)CNC[C@H]2CCCO2)sc(C(N)=O)c1C. The lowest BCUT2D eigenvalue weighted by atomic mass is 10.1. The third-order valence-corrected chi connectivity index (χ3v) is 5.01. The normalized spacial score (nSPS) is 16.6. The van der Waals surface area contributed by atoms with Crippen molar-refractivity contribution in [3.8, 4) is 0 Å². The van der Waals surface area contributed by atoms with Crippen molar-refractivity contribution in [3.63, 3.8) is 0 Å². The van der Waals surface area contributed by atoms with Gasteiger partial charge in [0, 0.05) is 13.2 Å². The summed E-state index contributed by atoms with van der Waals surface area (Å²) in [7, 11) is 0. The predicted octanol–water partition coefficient (Wildman–Crippen LogP) is 1.04. The summed E-state index contributed by atoms with van der Waals surface area (Å²) >= 11 is 0.976. The number of nitrogens with two attached hydrogens (primary N) is 1. The fraction of sp³-hybridized carbons (Fsp3) is 0.562. The van der Waals surface area contributed by atoms with Gasteiger partial charge in [-0.05, 0) is 32.3 Å². The maximum absolute atomic E-state index is 12.1. The summed E-state index contributed by atoms with van der Waals surface area (Å²) in [6.45, 7) is 4.90. The standard InChI is InChI=1S/C16H23N3O5S/c1-3-23-16(22)12-9(2)13(14(17)21)25-15(12)19-11(20)8-18-7-10-5-4-6-24-10/h10,18H,3-8H2,1-2H3,(H2,17,21)(H,19,20)/t10-/m1/s1. The zero-order valence-electron chi connectivity index (χ0n) is 14.3. The minimum absolute atomic E-state index is 0.0744. The molecule has 1 aliphatic rings. The molecule has 0 spiro atoms. The molecule has 1 aromatic rings. The Morgan fingerprint density at radius 3 is 2.76 bits per heavy atom. The zero-order valence-corrected chi connectivity index (χ0v) is 15.2. The van der Waals surface area contributed by atoms with E-state index < -0.39 is 11.9 Å². The highest BCUT2D eigenvalue weighted by Gasteiger charge is 2.25. The fourth-order valence-electron chi connectivity index (χ4n) is 2.61. The first-order valence-corrected chi connectivity index (χ1v) is 8.98. The quantitative estimate of drug-likeness (QED) is 0.589. The molecule has 0 bridgehead atoms. The highest BCUT2D eigenvalue weighted by molar-refractivity contribution is 7.18. The van der Waals surface area contributed by atoms with Gasteiger partial charge in [-0.25, -0.2) is 4.79 Å². The smallest absolute Gasteiger partial charge is 0.341 e. The minimum atomic E-state index is -0.648. The van der Waals surface area contributed by atoms with Crippen LogP contribution >= 0.6 is 11.3 Å². The average molecular weight is 369 g/mol. The molecule has 0 saturated carbocycles. The summed E-state index contributed by atoms with van der Waals surface area (Å²) in [5.74, 6) is -1.56. The Bertz CT molecular complexity index is 652. The van der Waals surface area contributed by atoms with Gasteiger partial charge in [-0.1, -0.05) is 0 Å². The second kappa shape index (κ2) is 8.93. The number of anilines is 1. The molecule has 1 aliphatic heterocycles. The van der Waals surface area contributed by atoms with E-state index in [1.54, 1.807) is 13.8 Å². The Hall–Kier alpha value is -1.97. The molecule has 0 aromatic carbocycles. The molecule has 1 fully saturated rings. The summed E-state index contributed by atoms with van der Waals surface area (Å²) in [5, 5.41) is 5.96. The van der Waals surface area contributed by atoms with Gasteiger partial charge >= 0.3 is 5.97 Å². The van der Waals surface area contributed by atoms with Crippen LogP contribution in [-0.2, 0) is 14.3 Å². The molecule has 0 unspecified atom stereocenters. The number of hydrogen-bond donors (Lipinski definition) is 3. The van der Waals surface area contributed by atoms with Crippen LogP contribution in [0.25, 0.3) is 0 Å². The van der Waals surface area contributed by atoms with Crippen LogP contribution in [0.15, 0.2) is 0 Å². The number of ether oxygens (including phenoxy) is 2. The van der Waals surface area contributed by atoms with E-state index in [2.05, 4.69) is 10.6 Å². The Kier molecular flexibility index (Phi) is 6.91. The van der Waals surface area contributed by atoms with Crippen molar-refractivity contribution in [3.05, 3.63) is 16.0 Å². The maximum atomic E-state index is 12.1. The summed E-state index contributed by atoms with van der Waals surface area (Å²) in [6.07, 6.45) is 2.15. The van der Waals surface area contributed by atoms with E-state index in [4.69, 9.17) is 15.2 Å². The second-order valence-electron chi connectivity index (χ2n) is 5.66. The molecule has 1 atom stereocenters. The van der Waals surface area contributed by atoms with E-state index in [1.807, 2.05) is 0 Å². The van der Waals surface area contributed by atoms with Gasteiger partial charge in [0.15, 0.2) is 0 Å². The summed E-state index contributed by atoms with van der Waals surface area (Å²) in [5.41, 5.74) is 5.92. The van der Waals surface area contributed by atoms with E-state index in [-0.39, 0.29) is 40.6 Å². The van der Waals surface area contributed by atoms with Crippen LogP contribution in [0, 0.1) is 6.92 Å². The third kappa shape index (κ3) is 5.00. The van der Waals surface area contributed by atoms with Crippen LogP contribution < -0.4 is 16.4 Å². The Morgan fingerprint density at radius 1 is 1.40 bits per heavy atom. The number of amides is 2. The number of hydrogen-bond acceptors (Lipinski definition) is 7. The van der Waals surface area contributed by atoms with Gasteiger partial charge in [0.25, 0.3) is 5.91 Å². The van der Waals surface area contributed by atoms with E-state index in [1.165, 1.54) is 0 Å². The number of thiophene rings is 1. The van der Waals surface area contributed by atoms with Gasteiger partial charge in [0.1, 0.15) is 5.00 Å². The van der Waals surface area contributed by atoms with E-state index in [9.17, 15) is 14.4 Å². The zero-order chi connectivity index (χ0) is 18.4. The maximum Gasteiger partial charge on any atom is 0.341 e. The van der Waals surface area contributed by atoms with Crippen LogP contribution in [0.5, 0.6) is 0 Å². The molecule has 1 saturated heterocycles. The number of rotatable bonds is 8. The molecule has 8 nitrogen and oxygen atoms in total. The van der Waals surface area contributed by atoms with Crippen molar-refractivity contribution in [1.29, 1.82) is 0 Å². The molecule has 1 aromatic heterocycles. The highest BCUT2D eigenvalue weighted by Crippen LogP contribution is 2.33. The molecule has 2 rings (SSSR count). The molecule has 4 N–H and O–H groups in total. The van der Waals surface area contributed by atoms with Gasteiger partial charge < -0.3 is 25.8 Å². The van der Waals surface area contributed by atoms with Gasteiger partial charge in [-0.3, -0.25) is 9.59 Å². The molecule has 9 heteroatoms. The topological polar surface area (TPSA) is 120 Å². The number of nitrogens with one attached hydrogen (secondary N) is 2. The molecular weight excluding hydrogens is 346 g/mol. The summed E-state index contributed by atoms with van der Waals surface area (Å²) < 4.78 is 10.5. The van der Waals surface area contributed by atoms with E-state index in [0.29, 0.717) is 12.1 Å². The molecule has 0 aliphatic carbocycles. The second-order valence-corrected chi connectivity index (χ2v) is 6.68. The van der Waals surface area contributed by atoms with Crippen LogP contribution in [0.3, 0.4) is 0 Å². The van der Waals surface area contributed by atoms with Crippen molar-refractivity contribution >= 4 is 34.1 Å². The van der Waals surface area contributed by atoms with Crippen LogP contribution in [0.2, 0.25) is 0 Å². The first kappa shape index (κ1) is 19.4. The average Bonchev–Trinajstić information content (AvgIpc) is 3.15. The Morgan fingerprint density at radius 2 is 2.16 bits per heavy atom. The molecule has 0 radical (unpaired) electrons. The first-order valence-electron chi connectivity index (χ1n) is 8.16. The van der Waals surface area contributed by atoms with Crippen molar-refractivity contribution in [2.24, 2.45) is 5.73 Å². The number of carbonyl (C=O) groups excluding carboxylic acids is 3. The van der Waals surface area contributed by atoms with Crippen molar-refractivity contribution < 1.29 is 23.9 Å². The molecule has 2 amide bonds. The third-order valence-electron chi connectivity index (χ3n) is 3.78. The van der Waals surface area contributed by atoms with Crippen LogP contribution in [0.4, 0.5) is 5.00 Å². The monoisotopic (exact) mass is 369 g/mol. The lowest BCUT2D eigenvalue weighted by molar-refractivity contribution is -0.115. The van der Waals surface area contributed by atoms with Gasteiger partial charge in [0.2, 0.25) is 5.91 Å². The molecular formula is C16H23N3O5S. The largest absolute Gasteiger partial charge is 0.462 e. The van der Waals surface area contributed by atoms with Gasteiger partial charge in [0.05, 0.1) is 29.7 Å². The van der Waals surface area contributed by atoms with Crippen LogP contribution in [-0.4, -0.2) is 50.2 Å². The van der Waals surface area contributed by atoms with Crippen molar-refractivity contribution in [1.82, 2.24) is 5.32 Å². The van der Waals surface area contributed by atoms with E-state index in [0.717, 1.165) is 30.8 Å². The summed E-state index contributed by atoms with van der Waals surface area (Å²) in [4.78, 5) is 36.0. The lowest BCUT2D eigenvalue weighted by Crippen LogP contribution is -2.33. The lowest BCUT2D eigenvalue weighted by Gasteiger charge is -2.11. The summed E-state index contributed by atoms with van der Waals surface area (Å²) in [6, 6.07) is 0. The van der Waals surface area contributed by atoms with Crippen LogP contribution in [0.1, 0.15) is 45.4 Å². The predicted molar refractivity (Wildman–Crippen MR) is 94.0 cm³/mol. The highest BCUT2D eigenvalue weighted by atomic mass is 32.1. The molecule has 25 heavy (non-hydrogen) atoms. The van der Waals surface area contributed by atoms with Gasteiger partial charge in [-0.15, -0.1) is 11.3 Å². The number of carbonyl (C=O) groups is 3. The Labute approximate surface area is 150 Å². The number of primary amides is 1. The first-order chi connectivity index (χ1) is 11.9. The van der Waals surface area contributed by atoms with Crippen molar-refractivity contribution in [2.45, 2.75) is 32.8 Å². The van der Waals surface area contributed by atoms with Gasteiger partial charge in [-0.2, -0.15) is 0 Å².